The van der Waals surface area contributed by atoms with Gasteiger partial charge >= 0.3 is 5.97 Å². The van der Waals surface area contributed by atoms with E-state index in [0.717, 1.165) is 24.1 Å². The summed E-state index contributed by atoms with van der Waals surface area (Å²) in [6.45, 7) is 4.50. The van der Waals surface area contributed by atoms with Crippen LogP contribution in [0.1, 0.15) is 72.9 Å². The molecular formula is C27H24F2N4O3. The Morgan fingerprint density at radius 3 is 2.67 bits per heavy atom. The molecule has 9 heteroatoms. The van der Waals surface area contributed by atoms with Gasteiger partial charge in [0.15, 0.2) is 5.78 Å². The van der Waals surface area contributed by atoms with Crippen molar-refractivity contribution in [1.82, 2.24) is 20.2 Å². The molecule has 0 amide bonds. The molecule has 2 aliphatic carbocycles. The van der Waals surface area contributed by atoms with Crippen LogP contribution in [0.15, 0.2) is 36.7 Å². The summed E-state index contributed by atoms with van der Waals surface area (Å²) in [6.07, 6.45) is 5.10. The van der Waals surface area contributed by atoms with Crippen molar-refractivity contribution in [2.24, 2.45) is 11.3 Å². The van der Waals surface area contributed by atoms with E-state index in [0.29, 0.717) is 5.69 Å². The van der Waals surface area contributed by atoms with Crippen molar-refractivity contribution in [1.29, 1.82) is 0 Å². The highest BCUT2D eigenvalue weighted by molar-refractivity contribution is 5.94. The third kappa shape index (κ3) is 3.14. The van der Waals surface area contributed by atoms with Crippen LogP contribution >= 0.6 is 0 Å². The van der Waals surface area contributed by atoms with Crippen molar-refractivity contribution in [3.63, 3.8) is 0 Å². The second-order valence-electron chi connectivity index (χ2n) is 10.5. The number of carbonyl (C=O) groups is 2. The lowest BCUT2D eigenvalue weighted by Gasteiger charge is -2.37. The average Bonchev–Trinajstić information content (AvgIpc) is 3.44. The van der Waals surface area contributed by atoms with E-state index in [2.05, 4.69) is 29.0 Å². The van der Waals surface area contributed by atoms with Gasteiger partial charge in [0.25, 0.3) is 0 Å². The SMILES string of the molecule is CC1(C)[C@H]2CC[C@]1(c1cncc(C(=O)C[C@@H]3COC(=O)C3)n1)c1nnc(-c3c(F)cccc3F)cc12. The highest BCUT2D eigenvalue weighted by atomic mass is 19.1. The Bertz CT molecular complexity index is 1410. The van der Waals surface area contributed by atoms with Gasteiger partial charge in [0, 0.05) is 18.5 Å². The maximum Gasteiger partial charge on any atom is 0.306 e. The molecule has 0 radical (unpaired) electrons. The van der Waals surface area contributed by atoms with Crippen molar-refractivity contribution in [2.45, 2.75) is 50.9 Å². The Morgan fingerprint density at radius 2 is 1.94 bits per heavy atom. The fourth-order valence-corrected chi connectivity index (χ4v) is 6.52. The molecule has 2 bridgehead atoms. The Hall–Kier alpha value is -3.62. The minimum absolute atomic E-state index is 0.0828. The Kier molecular flexibility index (Phi) is 5.04. The van der Waals surface area contributed by atoms with Crippen molar-refractivity contribution in [3.05, 3.63) is 70.9 Å². The van der Waals surface area contributed by atoms with E-state index < -0.39 is 17.0 Å². The van der Waals surface area contributed by atoms with Crippen LogP contribution in [0.2, 0.25) is 0 Å². The molecule has 7 nitrogen and oxygen atoms in total. The van der Waals surface area contributed by atoms with Gasteiger partial charge in [0.2, 0.25) is 0 Å². The van der Waals surface area contributed by atoms with Crippen LogP contribution < -0.4 is 0 Å². The van der Waals surface area contributed by atoms with Crippen molar-refractivity contribution >= 4 is 11.8 Å². The van der Waals surface area contributed by atoms with E-state index in [-0.39, 0.29) is 65.4 Å². The summed E-state index contributed by atoms with van der Waals surface area (Å²) >= 11 is 0. The second-order valence-corrected chi connectivity index (χ2v) is 10.5. The number of ether oxygens (including phenoxy) is 1. The van der Waals surface area contributed by atoms with Gasteiger partial charge in [-0.2, -0.15) is 5.10 Å². The Morgan fingerprint density at radius 1 is 1.17 bits per heavy atom. The molecule has 1 saturated carbocycles. The molecule has 184 valence electrons. The molecule has 3 heterocycles. The number of fused-ring (bicyclic) bond motifs is 5. The summed E-state index contributed by atoms with van der Waals surface area (Å²) in [4.78, 5) is 33.5. The lowest BCUT2D eigenvalue weighted by Crippen LogP contribution is -2.38. The third-order valence-electron chi connectivity index (χ3n) is 8.37. The molecule has 2 aromatic heterocycles. The van der Waals surface area contributed by atoms with Gasteiger partial charge in [-0.25, -0.2) is 13.8 Å². The Labute approximate surface area is 206 Å². The normalized spacial score (nSPS) is 25.6. The molecule has 1 aliphatic heterocycles. The number of aromatic nitrogens is 4. The number of rotatable bonds is 5. The first kappa shape index (κ1) is 22.8. The van der Waals surface area contributed by atoms with Crippen molar-refractivity contribution in [3.8, 4) is 11.3 Å². The van der Waals surface area contributed by atoms with Gasteiger partial charge in [-0.3, -0.25) is 14.6 Å². The van der Waals surface area contributed by atoms with Crippen LogP contribution in [-0.2, 0) is 14.9 Å². The average molecular weight is 491 g/mol. The first-order valence-electron chi connectivity index (χ1n) is 12.1. The number of benzene rings is 1. The predicted octanol–water partition coefficient (Wildman–Crippen LogP) is 4.55. The minimum Gasteiger partial charge on any atom is -0.465 e. The summed E-state index contributed by atoms with van der Waals surface area (Å²) in [5.74, 6) is -1.93. The van der Waals surface area contributed by atoms with Crippen molar-refractivity contribution in [2.75, 3.05) is 6.61 Å². The van der Waals surface area contributed by atoms with E-state index in [9.17, 15) is 18.4 Å². The number of esters is 1. The largest absolute Gasteiger partial charge is 0.465 e. The fraction of sp³-hybridized carbons (Fsp3) is 0.407. The number of halogens is 2. The predicted molar refractivity (Wildman–Crippen MR) is 124 cm³/mol. The zero-order valence-electron chi connectivity index (χ0n) is 19.9. The molecular weight excluding hydrogens is 466 g/mol. The molecule has 2 fully saturated rings. The summed E-state index contributed by atoms with van der Waals surface area (Å²) in [5.41, 5.74) is 1.50. The molecule has 1 saturated heterocycles. The molecule has 0 spiro atoms. The molecule has 6 rings (SSSR count). The molecule has 1 aromatic carbocycles. The van der Waals surface area contributed by atoms with Gasteiger partial charge in [-0.05, 0) is 47.9 Å². The summed E-state index contributed by atoms with van der Waals surface area (Å²) in [6, 6.07) is 5.48. The summed E-state index contributed by atoms with van der Waals surface area (Å²) in [5, 5.41) is 8.76. The fourth-order valence-electron chi connectivity index (χ4n) is 6.52. The zero-order valence-corrected chi connectivity index (χ0v) is 19.9. The van der Waals surface area contributed by atoms with Crippen LogP contribution in [0.3, 0.4) is 0 Å². The van der Waals surface area contributed by atoms with Gasteiger partial charge in [0.05, 0.1) is 47.3 Å². The zero-order chi connectivity index (χ0) is 25.2. The number of hydrogen-bond donors (Lipinski definition) is 0. The summed E-state index contributed by atoms with van der Waals surface area (Å²) in [7, 11) is 0. The molecule has 3 atom stereocenters. The topological polar surface area (TPSA) is 94.9 Å². The quantitative estimate of drug-likeness (QED) is 0.382. The number of cyclic esters (lactones) is 1. The molecule has 0 unspecified atom stereocenters. The highest BCUT2D eigenvalue weighted by Gasteiger charge is 2.65. The van der Waals surface area contributed by atoms with Crippen LogP contribution in [0.4, 0.5) is 8.78 Å². The lowest BCUT2D eigenvalue weighted by atomic mass is 9.66. The highest BCUT2D eigenvalue weighted by Crippen LogP contribution is 2.69. The lowest BCUT2D eigenvalue weighted by molar-refractivity contribution is -0.137. The van der Waals surface area contributed by atoms with Crippen LogP contribution in [0, 0.1) is 23.0 Å². The van der Waals surface area contributed by atoms with Gasteiger partial charge in [-0.1, -0.05) is 19.9 Å². The van der Waals surface area contributed by atoms with Gasteiger partial charge < -0.3 is 4.74 Å². The van der Waals surface area contributed by atoms with Crippen LogP contribution in [0.25, 0.3) is 11.3 Å². The monoisotopic (exact) mass is 490 g/mol. The number of Topliss-reactive ketones (excluding diaryl/α,β-unsaturated/α-hetero) is 1. The van der Waals surface area contributed by atoms with E-state index in [4.69, 9.17) is 9.72 Å². The van der Waals surface area contributed by atoms with Crippen LogP contribution in [-0.4, -0.2) is 38.5 Å². The van der Waals surface area contributed by atoms with E-state index in [1.165, 1.54) is 24.4 Å². The number of ketones is 1. The van der Waals surface area contributed by atoms with Crippen LogP contribution in [0.5, 0.6) is 0 Å². The maximum atomic E-state index is 14.5. The number of hydrogen-bond acceptors (Lipinski definition) is 7. The molecule has 3 aromatic rings. The smallest absolute Gasteiger partial charge is 0.306 e. The van der Waals surface area contributed by atoms with E-state index in [1.807, 2.05) is 0 Å². The standard InChI is InChI=1S/C27H24F2N4O3/c1-26(2)16-6-7-27(26,22-12-30-11-20(31-22)21(34)8-14-9-23(35)36-13-14)25-15(16)10-19(32-33-25)24-17(28)4-3-5-18(24)29/h3-5,10-12,14,16H,6-9,13H2,1-2H3/t14-,16-,27-/m0/s1. The molecule has 36 heavy (non-hydrogen) atoms. The Balaban J connectivity index is 1.41. The van der Waals surface area contributed by atoms with Gasteiger partial charge in [-0.15, -0.1) is 5.10 Å². The molecule has 0 N–H and O–H groups in total. The van der Waals surface area contributed by atoms with E-state index >= 15 is 0 Å². The number of carbonyl (C=O) groups excluding carboxylic acids is 2. The van der Waals surface area contributed by atoms with E-state index in [1.54, 1.807) is 12.3 Å². The minimum atomic E-state index is -0.687. The second kappa shape index (κ2) is 7.94. The first-order chi connectivity index (χ1) is 17.2. The van der Waals surface area contributed by atoms with Gasteiger partial charge in [0.1, 0.15) is 17.3 Å². The first-order valence-corrected chi connectivity index (χ1v) is 12.1. The van der Waals surface area contributed by atoms with Crippen molar-refractivity contribution < 1.29 is 23.1 Å². The third-order valence-corrected chi connectivity index (χ3v) is 8.37. The number of nitrogens with zero attached hydrogens (tertiary/aromatic N) is 4. The molecule has 3 aliphatic rings. The summed E-state index contributed by atoms with van der Waals surface area (Å²) < 4.78 is 33.9. The maximum absolute atomic E-state index is 14.5.